The lowest BCUT2D eigenvalue weighted by Gasteiger charge is -2.47. The van der Waals surface area contributed by atoms with Crippen molar-refractivity contribution in [2.24, 2.45) is 22.7 Å². The van der Waals surface area contributed by atoms with E-state index in [4.69, 9.17) is 0 Å². The second kappa shape index (κ2) is 4.33. The second-order valence-electron chi connectivity index (χ2n) is 7.73. The first kappa shape index (κ1) is 14.6. The van der Waals surface area contributed by atoms with E-state index in [0.29, 0.717) is 11.7 Å². The smallest absolute Gasteiger partial charge is 0.133 e. The van der Waals surface area contributed by atoms with E-state index in [-0.39, 0.29) is 16.7 Å². The minimum atomic E-state index is 0.124. The molecule has 2 aliphatic rings. The summed E-state index contributed by atoms with van der Waals surface area (Å²) in [5.41, 5.74) is 4.86. The molecule has 0 aliphatic heterocycles. The van der Waals surface area contributed by atoms with Gasteiger partial charge in [-0.1, -0.05) is 57.4 Å². The first-order valence-electron chi connectivity index (χ1n) is 7.50. The lowest BCUT2D eigenvalue weighted by molar-refractivity contribution is -0.122. The largest absolute Gasteiger partial charge is 0.300 e. The van der Waals surface area contributed by atoms with E-state index in [1.54, 1.807) is 12.5 Å². The highest BCUT2D eigenvalue weighted by molar-refractivity contribution is 5.79. The summed E-state index contributed by atoms with van der Waals surface area (Å²) in [6, 6.07) is 0. The summed E-state index contributed by atoms with van der Waals surface area (Å²) < 4.78 is 0. The Morgan fingerprint density at radius 1 is 1.16 bits per heavy atom. The first-order chi connectivity index (χ1) is 8.57. The number of ketones is 1. The van der Waals surface area contributed by atoms with Crippen LogP contribution in [0.3, 0.4) is 0 Å². The van der Waals surface area contributed by atoms with Crippen LogP contribution in [0.1, 0.15) is 61.3 Å². The zero-order valence-corrected chi connectivity index (χ0v) is 13.6. The maximum atomic E-state index is 11.9. The molecule has 0 saturated heterocycles. The molecular weight excluding hydrogens is 232 g/mol. The molecule has 1 nitrogen and oxygen atoms in total. The van der Waals surface area contributed by atoms with E-state index in [1.165, 1.54) is 11.1 Å². The lowest BCUT2D eigenvalue weighted by Crippen LogP contribution is -2.37. The molecular formula is C18H28O. The van der Waals surface area contributed by atoms with E-state index in [0.717, 1.165) is 12.8 Å². The van der Waals surface area contributed by atoms with Gasteiger partial charge in [0.05, 0.1) is 0 Å². The van der Waals surface area contributed by atoms with Crippen LogP contribution >= 0.6 is 0 Å². The van der Waals surface area contributed by atoms with Crippen LogP contribution in [-0.2, 0) is 4.79 Å². The average molecular weight is 260 g/mol. The summed E-state index contributed by atoms with van der Waals surface area (Å²) in [6.45, 7) is 15.5. The van der Waals surface area contributed by atoms with Gasteiger partial charge in [-0.3, -0.25) is 4.79 Å². The SMILES string of the molecule is CC(=O)C1CC2=C(CC1C)C(C)(C)C=C(C)C2(C)C. The average Bonchev–Trinajstić information content (AvgIpc) is 2.25. The number of Topliss-reactive ketones (excluding diaryl/α,β-unsaturated/α-hetero) is 1. The van der Waals surface area contributed by atoms with Crippen LogP contribution in [0.5, 0.6) is 0 Å². The molecule has 2 atom stereocenters. The number of allylic oxidation sites excluding steroid dienone is 4. The maximum absolute atomic E-state index is 11.9. The molecule has 2 rings (SSSR count). The molecule has 0 fully saturated rings. The molecule has 0 aromatic carbocycles. The molecule has 19 heavy (non-hydrogen) atoms. The quantitative estimate of drug-likeness (QED) is 0.611. The normalized spacial score (nSPS) is 32.7. The van der Waals surface area contributed by atoms with Crippen molar-refractivity contribution in [3.05, 3.63) is 22.8 Å². The summed E-state index contributed by atoms with van der Waals surface area (Å²) in [5, 5.41) is 0. The first-order valence-corrected chi connectivity index (χ1v) is 7.50. The third kappa shape index (κ3) is 2.22. The molecule has 1 heteroatoms. The van der Waals surface area contributed by atoms with Gasteiger partial charge in [0, 0.05) is 16.7 Å². The van der Waals surface area contributed by atoms with E-state index >= 15 is 0 Å². The molecule has 0 aromatic rings. The van der Waals surface area contributed by atoms with Crippen molar-refractivity contribution < 1.29 is 4.79 Å². The topological polar surface area (TPSA) is 17.1 Å². The summed E-state index contributed by atoms with van der Waals surface area (Å²) in [7, 11) is 0. The molecule has 2 unspecified atom stereocenters. The summed E-state index contributed by atoms with van der Waals surface area (Å²) in [4.78, 5) is 11.9. The highest BCUT2D eigenvalue weighted by Crippen LogP contribution is 2.55. The van der Waals surface area contributed by atoms with Crippen LogP contribution < -0.4 is 0 Å². The second-order valence-corrected chi connectivity index (χ2v) is 7.73. The van der Waals surface area contributed by atoms with Crippen molar-refractivity contribution in [2.45, 2.75) is 61.3 Å². The van der Waals surface area contributed by atoms with Crippen molar-refractivity contribution in [1.29, 1.82) is 0 Å². The fourth-order valence-corrected chi connectivity index (χ4v) is 4.01. The van der Waals surface area contributed by atoms with Gasteiger partial charge in [0.2, 0.25) is 0 Å². The number of rotatable bonds is 1. The van der Waals surface area contributed by atoms with E-state index in [1.807, 2.05) is 0 Å². The van der Waals surface area contributed by atoms with E-state index < -0.39 is 0 Å². The van der Waals surface area contributed by atoms with Crippen molar-refractivity contribution in [3.63, 3.8) is 0 Å². The molecule has 0 radical (unpaired) electrons. The Balaban J connectivity index is 2.52. The third-order valence-electron chi connectivity index (χ3n) is 5.62. The number of carbonyl (C=O) groups is 1. The predicted octanol–water partition coefficient (Wildman–Crippen LogP) is 4.93. The molecule has 0 amide bonds. The highest BCUT2D eigenvalue weighted by atomic mass is 16.1. The molecule has 0 saturated carbocycles. The zero-order chi connectivity index (χ0) is 14.6. The fraction of sp³-hybridized carbons (Fsp3) is 0.722. The number of hydrogen-bond acceptors (Lipinski definition) is 1. The Labute approximate surface area is 118 Å². The van der Waals surface area contributed by atoms with Gasteiger partial charge in [0.25, 0.3) is 0 Å². The van der Waals surface area contributed by atoms with Crippen LogP contribution in [0.4, 0.5) is 0 Å². The van der Waals surface area contributed by atoms with E-state index in [2.05, 4.69) is 47.6 Å². The Kier molecular flexibility index (Phi) is 3.32. The van der Waals surface area contributed by atoms with Crippen LogP contribution in [-0.4, -0.2) is 5.78 Å². The predicted molar refractivity (Wildman–Crippen MR) is 80.9 cm³/mol. The zero-order valence-electron chi connectivity index (χ0n) is 13.6. The molecule has 0 N–H and O–H groups in total. The summed E-state index contributed by atoms with van der Waals surface area (Å²) >= 11 is 0. The number of hydrogen-bond donors (Lipinski definition) is 0. The molecule has 0 bridgehead atoms. The molecule has 106 valence electrons. The highest BCUT2D eigenvalue weighted by Gasteiger charge is 2.43. The van der Waals surface area contributed by atoms with Crippen molar-refractivity contribution in [2.75, 3.05) is 0 Å². The van der Waals surface area contributed by atoms with Gasteiger partial charge >= 0.3 is 0 Å². The molecule has 0 spiro atoms. The van der Waals surface area contributed by atoms with Crippen LogP contribution in [0.2, 0.25) is 0 Å². The van der Waals surface area contributed by atoms with Crippen LogP contribution in [0.15, 0.2) is 22.8 Å². The Hall–Kier alpha value is -0.850. The van der Waals surface area contributed by atoms with Gasteiger partial charge in [-0.15, -0.1) is 0 Å². The summed E-state index contributed by atoms with van der Waals surface area (Å²) in [5.74, 6) is 1.07. The van der Waals surface area contributed by atoms with Gasteiger partial charge in [-0.25, -0.2) is 0 Å². The van der Waals surface area contributed by atoms with Gasteiger partial charge in [-0.2, -0.15) is 0 Å². The lowest BCUT2D eigenvalue weighted by atomic mass is 9.57. The van der Waals surface area contributed by atoms with E-state index in [9.17, 15) is 4.79 Å². The molecule has 0 heterocycles. The van der Waals surface area contributed by atoms with Gasteiger partial charge in [0.15, 0.2) is 0 Å². The van der Waals surface area contributed by atoms with Crippen LogP contribution in [0, 0.1) is 22.7 Å². The monoisotopic (exact) mass is 260 g/mol. The van der Waals surface area contributed by atoms with Gasteiger partial charge in [0.1, 0.15) is 5.78 Å². The van der Waals surface area contributed by atoms with Crippen LogP contribution in [0.25, 0.3) is 0 Å². The molecule has 0 aromatic heterocycles. The fourth-order valence-electron chi connectivity index (χ4n) is 4.01. The van der Waals surface area contributed by atoms with Gasteiger partial charge < -0.3 is 0 Å². The number of carbonyl (C=O) groups excluding carboxylic acids is 1. The summed E-state index contributed by atoms with van der Waals surface area (Å²) in [6.07, 6.45) is 4.49. The van der Waals surface area contributed by atoms with Crippen molar-refractivity contribution >= 4 is 5.78 Å². The van der Waals surface area contributed by atoms with Gasteiger partial charge in [-0.05, 0) is 32.6 Å². The van der Waals surface area contributed by atoms with Crippen molar-refractivity contribution in [1.82, 2.24) is 0 Å². The Morgan fingerprint density at radius 3 is 2.26 bits per heavy atom. The Morgan fingerprint density at radius 2 is 1.74 bits per heavy atom. The maximum Gasteiger partial charge on any atom is 0.133 e. The Bertz CT molecular complexity index is 474. The minimum Gasteiger partial charge on any atom is -0.300 e. The third-order valence-corrected chi connectivity index (χ3v) is 5.62. The minimum absolute atomic E-state index is 0.124. The van der Waals surface area contributed by atoms with Crippen molar-refractivity contribution in [3.8, 4) is 0 Å². The molecule has 2 aliphatic carbocycles. The standard InChI is InChI=1S/C18H28O/c1-11-8-15-16(9-14(11)13(3)19)18(6,7)12(2)10-17(15,4)5/h10-11,14H,8-9H2,1-7H3.